The Balaban J connectivity index is 2.57. The van der Waals surface area contributed by atoms with Gasteiger partial charge in [0.05, 0.1) is 23.7 Å². The highest BCUT2D eigenvalue weighted by molar-refractivity contribution is 5.46. The van der Waals surface area contributed by atoms with Gasteiger partial charge in [0.2, 0.25) is 0 Å². The summed E-state index contributed by atoms with van der Waals surface area (Å²) in [5.41, 5.74) is 0.589. The number of rotatable bonds is 3. The summed E-state index contributed by atoms with van der Waals surface area (Å²) in [5.74, 6) is -3.60. The second kappa shape index (κ2) is 4.76. The van der Waals surface area contributed by atoms with E-state index in [1.54, 1.807) is 19.2 Å². The first-order chi connectivity index (χ1) is 8.96. The highest BCUT2D eigenvalue weighted by Gasteiger charge is 2.32. The molecule has 0 fully saturated rings. The first kappa shape index (κ1) is 13.1. The molecule has 0 bridgehead atoms. The Hall–Kier alpha value is -2.29. The van der Waals surface area contributed by atoms with E-state index in [1.807, 2.05) is 0 Å². The molecule has 2 aromatic rings. The zero-order chi connectivity index (χ0) is 14.0. The summed E-state index contributed by atoms with van der Waals surface area (Å²) in [5, 5.41) is 8.86. The molecule has 2 rings (SSSR count). The fourth-order valence-electron chi connectivity index (χ4n) is 1.68. The molecule has 0 saturated carbocycles. The maximum atomic E-state index is 13.4. The Morgan fingerprint density at radius 1 is 1.37 bits per heavy atom. The number of alkyl halides is 3. The van der Waals surface area contributed by atoms with Crippen LogP contribution in [0.5, 0.6) is 0 Å². The van der Waals surface area contributed by atoms with Crippen molar-refractivity contribution in [1.82, 2.24) is 9.55 Å². The van der Waals surface area contributed by atoms with Crippen molar-refractivity contribution in [3.05, 3.63) is 47.5 Å². The van der Waals surface area contributed by atoms with Crippen LogP contribution in [0, 0.1) is 18.3 Å². The summed E-state index contributed by atoms with van der Waals surface area (Å²) in [6.45, 7) is -0.0496. The van der Waals surface area contributed by atoms with Crippen molar-refractivity contribution < 1.29 is 13.2 Å². The van der Waals surface area contributed by atoms with Crippen LogP contribution in [0.1, 0.15) is 16.8 Å². The van der Waals surface area contributed by atoms with Crippen LogP contribution in [0.2, 0.25) is 0 Å². The van der Waals surface area contributed by atoms with Gasteiger partial charge in [0.25, 0.3) is 0 Å². The van der Waals surface area contributed by atoms with E-state index in [2.05, 4.69) is 4.98 Å². The predicted octanol–water partition coefficient (Wildman–Crippen LogP) is 3.11. The van der Waals surface area contributed by atoms with Crippen molar-refractivity contribution in [3.63, 3.8) is 0 Å². The van der Waals surface area contributed by atoms with E-state index in [9.17, 15) is 13.2 Å². The van der Waals surface area contributed by atoms with Crippen molar-refractivity contribution >= 4 is 0 Å². The fraction of sp³-hybridized carbons (Fsp3) is 0.231. The SMILES string of the molecule is Cc1cn(-c2cc(C#N)cc(C(F)(F)CF)c2)cn1. The Kier molecular flexibility index (Phi) is 3.30. The minimum atomic E-state index is -3.60. The third-order valence-electron chi connectivity index (χ3n) is 2.65. The predicted molar refractivity (Wildman–Crippen MR) is 62.9 cm³/mol. The summed E-state index contributed by atoms with van der Waals surface area (Å²) in [4.78, 5) is 3.98. The lowest BCUT2D eigenvalue weighted by molar-refractivity contribution is -0.0281. The molecule has 0 unspecified atom stereocenters. The maximum absolute atomic E-state index is 13.4. The van der Waals surface area contributed by atoms with Crippen LogP contribution in [0.25, 0.3) is 5.69 Å². The molecule has 0 atom stereocenters. The van der Waals surface area contributed by atoms with Gasteiger partial charge in [-0.05, 0) is 25.1 Å². The molecule has 1 aromatic carbocycles. The molecular weight excluding hydrogens is 255 g/mol. The lowest BCUT2D eigenvalue weighted by atomic mass is 10.0. The molecule has 0 aliphatic carbocycles. The normalized spacial score (nSPS) is 11.3. The molecule has 0 aliphatic rings. The van der Waals surface area contributed by atoms with E-state index in [-0.39, 0.29) is 5.56 Å². The first-order valence-corrected chi connectivity index (χ1v) is 5.46. The molecule has 0 amide bonds. The molecule has 0 N–H and O–H groups in total. The van der Waals surface area contributed by atoms with Gasteiger partial charge in [0, 0.05) is 17.4 Å². The highest BCUT2D eigenvalue weighted by Crippen LogP contribution is 2.30. The Morgan fingerprint density at radius 3 is 2.63 bits per heavy atom. The Bertz CT molecular complexity index is 641. The van der Waals surface area contributed by atoms with Crippen LogP contribution in [-0.2, 0) is 5.92 Å². The standard InChI is InChI=1S/C13H10F3N3/c1-9-6-19(8-18-9)12-3-10(5-17)2-11(4-12)13(15,16)7-14/h2-4,6,8H,7H2,1H3. The number of aromatic nitrogens is 2. The second-order valence-electron chi connectivity index (χ2n) is 4.14. The Morgan fingerprint density at radius 2 is 2.11 bits per heavy atom. The average molecular weight is 265 g/mol. The van der Waals surface area contributed by atoms with Gasteiger partial charge in [0.15, 0.2) is 6.67 Å². The average Bonchev–Trinajstić information content (AvgIpc) is 2.85. The minimum Gasteiger partial charge on any atom is -0.306 e. The van der Waals surface area contributed by atoms with Crippen molar-refractivity contribution in [3.8, 4) is 11.8 Å². The van der Waals surface area contributed by atoms with Crippen molar-refractivity contribution in [2.45, 2.75) is 12.8 Å². The molecule has 1 heterocycles. The number of nitrogens with zero attached hydrogens (tertiary/aromatic N) is 3. The van der Waals surface area contributed by atoms with Crippen LogP contribution >= 0.6 is 0 Å². The van der Waals surface area contributed by atoms with Gasteiger partial charge in [-0.2, -0.15) is 14.0 Å². The van der Waals surface area contributed by atoms with E-state index in [0.29, 0.717) is 11.4 Å². The molecule has 0 spiro atoms. The summed E-state index contributed by atoms with van der Waals surface area (Å²) >= 11 is 0. The molecular formula is C13H10F3N3. The molecule has 98 valence electrons. The summed E-state index contributed by atoms with van der Waals surface area (Å²) in [6, 6.07) is 5.38. The molecule has 3 nitrogen and oxygen atoms in total. The second-order valence-corrected chi connectivity index (χ2v) is 4.14. The molecule has 0 aliphatic heterocycles. The number of hydrogen-bond acceptors (Lipinski definition) is 2. The minimum absolute atomic E-state index is 0.0481. The number of aryl methyl sites for hydroxylation is 1. The van der Waals surface area contributed by atoms with E-state index in [0.717, 1.165) is 12.1 Å². The first-order valence-electron chi connectivity index (χ1n) is 5.46. The van der Waals surface area contributed by atoms with Crippen LogP contribution in [0.15, 0.2) is 30.7 Å². The van der Waals surface area contributed by atoms with Crippen molar-refractivity contribution in [1.29, 1.82) is 5.26 Å². The maximum Gasteiger partial charge on any atom is 0.301 e. The lowest BCUT2D eigenvalue weighted by Crippen LogP contribution is -2.16. The number of nitriles is 1. The third kappa shape index (κ3) is 2.60. The van der Waals surface area contributed by atoms with Gasteiger partial charge < -0.3 is 4.57 Å². The van der Waals surface area contributed by atoms with Crippen LogP contribution in [0.4, 0.5) is 13.2 Å². The number of benzene rings is 1. The van der Waals surface area contributed by atoms with Crippen LogP contribution < -0.4 is 0 Å². The van der Waals surface area contributed by atoms with Gasteiger partial charge in [-0.15, -0.1) is 0 Å². The molecule has 6 heteroatoms. The lowest BCUT2D eigenvalue weighted by Gasteiger charge is -2.14. The van der Waals surface area contributed by atoms with E-state index in [1.165, 1.54) is 17.0 Å². The summed E-state index contributed by atoms with van der Waals surface area (Å²) < 4.78 is 40.7. The molecule has 1 aromatic heterocycles. The van der Waals surface area contributed by atoms with Gasteiger partial charge in [-0.25, -0.2) is 9.37 Å². The fourth-order valence-corrected chi connectivity index (χ4v) is 1.68. The highest BCUT2D eigenvalue weighted by atomic mass is 19.3. The third-order valence-corrected chi connectivity index (χ3v) is 2.65. The monoisotopic (exact) mass is 265 g/mol. The van der Waals surface area contributed by atoms with Gasteiger partial charge >= 0.3 is 5.92 Å². The zero-order valence-electron chi connectivity index (χ0n) is 10.1. The molecule has 19 heavy (non-hydrogen) atoms. The van der Waals surface area contributed by atoms with E-state index in [4.69, 9.17) is 5.26 Å². The van der Waals surface area contributed by atoms with Crippen LogP contribution in [-0.4, -0.2) is 16.2 Å². The molecule has 0 radical (unpaired) electrons. The topological polar surface area (TPSA) is 41.6 Å². The number of halogens is 3. The summed E-state index contributed by atoms with van der Waals surface area (Å²) in [6.07, 6.45) is 3.08. The van der Waals surface area contributed by atoms with E-state index >= 15 is 0 Å². The van der Waals surface area contributed by atoms with Gasteiger partial charge in [0.1, 0.15) is 0 Å². The number of imidazole rings is 1. The van der Waals surface area contributed by atoms with Crippen LogP contribution in [0.3, 0.4) is 0 Å². The van der Waals surface area contributed by atoms with E-state index < -0.39 is 18.2 Å². The zero-order valence-corrected chi connectivity index (χ0v) is 10.1. The summed E-state index contributed by atoms with van der Waals surface area (Å²) in [7, 11) is 0. The smallest absolute Gasteiger partial charge is 0.301 e. The van der Waals surface area contributed by atoms with Gasteiger partial charge in [-0.1, -0.05) is 0 Å². The molecule has 0 saturated heterocycles. The van der Waals surface area contributed by atoms with Crippen molar-refractivity contribution in [2.24, 2.45) is 0 Å². The van der Waals surface area contributed by atoms with Crippen molar-refractivity contribution in [2.75, 3.05) is 6.67 Å². The quantitative estimate of drug-likeness (QED) is 0.855. The van der Waals surface area contributed by atoms with Gasteiger partial charge in [-0.3, -0.25) is 0 Å². The number of hydrogen-bond donors (Lipinski definition) is 0. The largest absolute Gasteiger partial charge is 0.306 e. The Labute approximate surface area is 107 Å².